The standard InChI is InChI=1S/C11H12BrClO3/c1-15-10(9(12)11(14)16-2)7-3-5-8(13)6-4-7/h3-6,9-10H,1-2H3/t9-,10+/m0/s1. The minimum Gasteiger partial charge on any atom is -0.468 e. The Bertz CT molecular complexity index is 353. The topological polar surface area (TPSA) is 35.5 Å². The van der Waals surface area contributed by atoms with Gasteiger partial charge in [0, 0.05) is 12.1 Å². The Balaban J connectivity index is 2.89. The third kappa shape index (κ3) is 3.20. The number of ether oxygens (including phenoxy) is 2. The molecule has 5 heteroatoms. The average Bonchev–Trinajstić information content (AvgIpc) is 2.31. The van der Waals surface area contributed by atoms with Crippen LogP contribution in [-0.4, -0.2) is 25.0 Å². The van der Waals surface area contributed by atoms with Crippen LogP contribution in [0.1, 0.15) is 11.7 Å². The van der Waals surface area contributed by atoms with Crippen LogP contribution < -0.4 is 0 Å². The number of halogens is 2. The van der Waals surface area contributed by atoms with Gasteiger partial charge in [0.1, 0.15) is 10.9 Å². The van der Waals surface area contributed by atoms with E-state index in [1.165, 1.54) is 14.2 Å². The highest BCUT2D eigenvalue weighted by Gasteiger charge is 2.27. The SMILES string of the molecule is COC(=O)[C@@H](Br)[C@H](OC)c1ccc(Cl)cc1. The molecule has 0 fully saturated rings. The highest BCUT2D eigenvalue weighted by molar-refractivity contribution is 9.10. The molecule has 1 aromatic rings. The summed E-state index contributed by atoms with van der Waals surface area (Å²) in [7, 11) is 2.88. The van der Waals surface area contributed by atoms with Crippen LogP contribution in [0, 0.1) is 0 Å². The van der Waals surface area contributed by atoms with Crippen LogP contribution in [0.3, 0.4) is 0 Å². The summed E-state index contributed by atoms with van der Waals surface area (Å²) in [6, 6.07) is 7.13. The molecule has 0 aliphatic carbocycles. The van der Waals surface area contributed by atoms with Crippen molar-refractivity contribution in [2.75, 3.05) is 14.2 Å². The summed E-state index contributed by atoms with van der Waals surface area (Å²) >= 11 is 9.04. The molecule has 0 heterocycles. The summed E-state index contributed by atoms with van der Waals surface area (Å²) in [5, 5.41) is 0.641. The third-order valence-corrected chi connectivity index (χ3v) is 3.25. The molecule has 1 aromatic carbocycles. The summed E-state index contributed by atoms with van der Waals surface area (Å²) < 4.78 is 9.92. The second kappa shape index (κ2) is 6.23. The smallest absolute Gasteiger partial charge is 0.322 e. The van der Waals surface area contributed by atoms with Gasteiger partial charge in [-0.05, 0) is 17.7 Å². The molecule has 16 heavy (non-hydrogen) atoms. The molecule has 3 nitrogen and oxygen atoms in total. The molecule has 0 amide bonds. The van der Waals surface area contributed by atoms with E-state index in [1.807, 2.05) is 12.1 Å². The zero-order chi connectivity index (χ0) is 12.1. The molecular weight excluding hydrogens is 295 g/mol. The number of esters is 1. The number of carbonyl (C=O) groups is 1. The van der Waals surface area contributed by atoms with Gasteiger partial charge in [0.2, 0.25) is 0 Å². The van der Waals surface area contributed by atoms with Crippen LogP contribution >= 0.6 is 27.5 Å². The molecule has 0 saturated heterocycles. The van der Waals surface area contributed by atoms with Gasteiger partial charge in [-0.2, -0.15) is 0 Å². The van der Waals surface area contributed by atoms with Crippen molar-refractivity contribution in [3.05, 3.63) is 34.9 Å². The fraction of sp³-hybridized carbons (Fsp3) is 0.364. The molecule has 0 bridgehead atoms. The minimum absolute atomic E-state index is 0.373. The molecule has 0 aromatic heterocycles. The van der Waals surface area contributed by atoms with Crippen molar-refractivity contribution >= 4 is 33.5 Å². The fourth-order valence-corrected chi connectivity index (χ4v) is 2.15. The van der Waals surface area contributed by atoms with E-state index >= 15 is 0 Å². The van der Waals surface area contributed by atoms with Gasteiger partial charge in [0.15, 0.2) is 0 Å². The van der Waals surface area contributed by atoms with Crippen LogP contribution in [0.2, 0.25) is 5.02 Å². The minimum atomic E-state index is -0.538. The molecular formula is C11H12BrClO3. The van der Waals surface area contributed by atoms with Crippen molar-refractivity contribution in [2.24, 2.45) is 0 Å². The number of rotatable bonds is 4. The number of hydrogen-bond donors (Lipinski definition) is 0. The largest absolute Gasteiger partial charge is 0.468 e. The Morgan fingerprint density at radius 1 is 1.31 bits per heavy atom. The van der Waals surface area contributed by atoms with E-state index in [-0.39, 0.29) is 5.97 Å². The summed E-state index contributed by atoms with van der Waals surface area (Å²) in [5.74, 6) is -0.373. The van der Waals surface area contributed by atoms with Crippen molar-refractivity contribution in [1.82, 2.24) is 0 Å². The number of carbonyl (C=O) groups excluding carboxylic acids is 1. The molecule has 0 aliphatic heterocycles. The summed E-state index contributed by atoms with van der Waals surface area (Å²) in [6.07, 6.45) is -0.398. The first-order valence-corrected chi connectivity index (χ1v) is 5.89. The van der Waals surface area contributed by atoms with Crippen LogP contribution in [0.25, 0.3) is 0 Å². The second-order valence-electron chi connectivity index (χ2n) is 3.13. The van der Waals surface area contributed by atoms with E-state index in [9.17, 15) is 4.79 Å². The monoisotopic (exact) mass is 306 g/mol. The van der Waals surface area contributed by atoms with Crippen LogP contribution in [-0.2, 0) is 14.3 Å². The second-order valence-corrected chi connectivity index (χ2v) is 4.56. The van der Waals surface area contributed by atoms with Crippen molar-refractivity contribution in [2.45, 2.75) is 10.9 Å². The maximum absolute atomic E-state index is 11.4. The molecule has 0 spiro atoms. The van der Waals surface area contributed by atoms with Gasteiger partial charge in [-0.25, -0.2) is 0 Å². The first kappa shape index (κ1) is 13.5. The Labute approximate surface area is 108 Å². The number of benzene rings is 1. The van der Waals surface area contributed by atoms with Crippen molar-refractivity contribution in [3.8, 4) is 0 Å². The summed E-state index contributed by atoms with van der Waals surface area (Å²) in [4.78, 5) is 10.8. The molecule has 88 valence electrons. The van der Waals surface area contributed by atoms with E-state index < -0.39 is 10.9 Å². The predicted octanol–water partition coefficient (Wildman–Crippen LogP) is 2.96. The van der Waals surface area contributed by atoms with Gasteiger partial charge < -0.3 is 9.47 Å². The highest BCUT2D eigenvalue weighted by atomic mass is 79.9. The molecule has 0 radical (unpaired) electrons. The van der Waals surface area contributed by atoms with Crippen LogP contribution in [0.15, 0.2) is 24.3 Å². The van der Waals surface area contributed by atoms with E-state index in [0.29, 0.717) is 5.02 Å². The Hall–Kier alpha value is -0.580. The molecule has 0 saturated carbocycles. The summed E-state index contributed by atoms with van der Waals surface area (Å²) in [6.45, 7) is 0. The summed E-state index contributed by atoms with van der Waals surface area (Å²) in [5.41, 5.74) is 0.860. The molecule has 0 unspecified atom stereocenters. The number of hydrogen-bond acceptors (Lipinski definition) is 3. The number of alkyl halides is 1. The van der Waals surface area contributed by atoms with Crippen molar-refractivity contribution < 1.29 is 14.3 Å². The lowest BCUT2D eigenvalue weighted by atomic mass is 10.1. The first-order chi connectivity index (χ1) is 7.60. The van der Waals surface area contributed by atoms with Crippen molar-refractivity contribution in [3.63, 3.8) is 0 Å². The molecule has 1 rings (SSSR count). The Morgan fingerprint density at radius 3 is 2.31 bits per heavy atom. The van der Waals surface area contributed by atoms with E-state index in [1.54, 1.807) is 12.1 Å². The van der Waals surface area contributed by atoms with Crippen LogP contribution in [0.5, 0.6) is 0 Å². The quantitative estimate of drug-likeness (QED) is 0.634. The zero-order valence-corrected chi connectivity index (χ0v) is 11.3. The van der Waals surface area contributed by atoms with Gasteiger partial charge in [0.25, 0.3) is 0 Å². The number of methoxy groups -OCH3 is 2. The third-order valence-electron chi connectivity index (χ3n) is 2.14. The Morgan fingerprint density at radius 2 is 1.88 bits per heavy atom. The van der Waals surface area contributed by atoms with Gasteiger partial charge in [-0.1, -0.05) is 39.7 Å². The lowest BCUT2D eigenvalue weighted by Crippen LogP contribution is -2.24. The highest BCUT2D eigenvalue weighted by Crippen LogP contribution is 2.27. The van der Waals surface area contributed by atoms with E-state index in [4.69, 9.17) is 16.3 Å². The maximum atomic E-state index is 11.4. The van der Waals surface area contributed by atoms with Crippen LogP contribution in [0.4, 0.5) is 0 Å². The van der Waals surface area contributed by atoms with Gasteiger partial charge >= 0.3 is 5.97 Å². The zero-order valence-electron chi connectivity index (χ0n) is 8.94. The first-order valence-electron chi connectivity index (χ1n) is 4.60. The molecule has 0 aliphatic rings. The van der Waals surface area contributed by atoms with E-state index in [0.717, 1.165) is 5.56 Å². The average molecular weight is 308 g/mol. The Kier molecular flexibility index (Phi) is 5.25. The normalized spacial score (nSPS) is 14.2. The molecule has 0 N–H and O–H groups in total. The van der Waals surface area contributed by atoms with Crippen molar-refractivity contribution in [1.29, 1.82) is 0 Å². The predicted molar refractivity (Wildman–Crippen MR) is 65.9 cm³/mol. The lowest BCUT2D eigenvalue weighted by Gasteiger charge is -2.19. The van der Waals surface area contributed by atoms with Gasteiger partial charge in [-0.3, -0.25) is 4.79 Å². The van der Waals surface area contributed by atoms with E-state index in [2.05, 4.69) is 20.7 Å². The fourth-order valence-electron chi connectivity index (χ4n) is 1.31. The maximum Gasteiger partial charge on any atom is 0.322 e. The van der Waals surface area contributed by atoms with Gasteiger partial charge in [0.05, 0.1) is 7.11 Å². The lowest BCUT2D eigenvalue weighted by molar-refractivity contribution is -0.142. The molecule has 2 atom stereocenters. The van der Waals surface area contributed by atoms with Gasteiger partial charge in [-0.15, -0.1) is 0 Å².